The molecule has 0 aromatic carbocycles. The molecule has 0 saturated heterocycles. The van der Waals surface area contributed by atoms with Gasteiger partial charge in [0.05, 0.1) is 4.92 Å². The van der Waals surface area contributed by atoms with E-state index in [1.54, 1.807) is 0 Å². The summed E-state index contributed by atoms with van der Waals surface area (Å²) in [6.45, 7) is 5.84. The molecule has 0 aliphatic heterocycles. The topological polar surface area (TPSA) is 81.0 Å². The standard InChI is InChI=1S/C13H19ClN4O2/c1-13(2,3)12-16-10(14)9(18(19)20)11(17-12)15-8-6-4-5-7-8/h8H,4-7H2,1-3H3,(H,15,16,17). The Bertz CT molecular complexity index is 522. The summed E-state index contributed by atoms with van der Waals surface area (Å²) in [6, 6.07) is 0.229. The molecule has 1 aromatic heterocycles. The number of hydrogen-bond acceptors (Lipinski definition) is 5. The van der Waals surface area contributed by atoms with Crippen molar-refractivity contribution in [2.75, 3.05) is 5.32 Å². The number of anilines is 1. The fourth-order valence-electron chi connectivity index (χ4n) is 2.29. The van der Waals surface area contributed by atoms with Crippen molar-refractivity contribution in [1.29, 1.82) is 0 Å². The Hall–Kier alpha value is -1.43. The predicted octanol–water partition coefficient (Wildman–Crippen LogP) is 3.69. The van der Waals surface area contributed by atoms with Gasteiger partial charge >= 0.3 is 5.69 Å². The van der Waals surface area contributed by atoms with Gasteiger partial charge < -0.3 is 5.32 Å². The van der Waals surface area contributed by atoms with Crippen molar-refractivity contribution in [1.82, 2.24) is 9.97 Å². The number of rotatable bonds is 3. The Morgan fingerprint density at radius 1 is 1.30 bits per heavy atom. The highest BCUT2D eigenvalue weighted by molar-refractivity contribution is 6.31. The van der Waals surface area contributed by atoms with Gasteiger partial charge in [0.2, 0.25) is 11.0 Å². The van der Waals surface area contributed by atoms with Gasteiger partial charge in [0.25, 0.3) is 0 Å². The SMILES string of the molecule is CC(C)(C)c1nc(Cl)c([N+](=O)[O-])c(NC2CCCC2)n1. The quantitative estimate of drug-likeness (QED) is 0.523. The monoisotopic (exact) mass is 298 g/mol. The molecule has 7 heteroatoms. The highest BCUT2D eigenvalue weighted by atomic mass is 35.5. The van der Waals surface area contributed by atoms with E-state index in [2.05, 4.69) is 15.3 Å². The molecule has 0 unspecified atom stereocenters. The smallest absolute Gasteiger partial charge is 0.348 e. The number of nitrogens with zero attached hydrogens (tertiary/aromatic N) is 3. The summed E-state index contributed by atoms with van der Waals surface area (Å²) >= 11 is 5.99. The summed E-state index contributed by atoms with van der Waals surface area (Å²) in [5.74, 6) is 0.750. The zero-order valence-electron chi connectivity index (χ0n) is 11.9. The lowest BCUT2D eigenvalue weighted by Gasteiger charge is -2.19. The Balaban J connectivity index is 2.43. The number of halogens is 1. The summed E-state index contributed by atoms with van der Waals surface area (Å²) < 4.78 is 0. The molecule has 20 heavy (non-hydrogen) atoms. The molecule has 0 radical (unpaired) electrons. The minimum absolute atomic E-state index is 0.101. The average Bonchev–Trinajstić information content (AvgIpc) is 2.79. The summed E-state index contributed by atoms with van der Waals surface area (Å²) in [7, 11) is 0. The molecule has 1 aliphatic carbocycles. The van der Waals surface area contributed by atoms with Crippen LogP contribution in [-0.2, 0) is 5.41 Å². The van der Waals surface area contributed by atoms with Crippen LogP contribution < -0.4 is 5.32 Å². The van der Waals surface area contributed by atoms with E-state index in [-0.39, 0.29) is 28.1 Å². The van der Waals surface area contributed by atoms with Crippen LogP contribution in [0, 0.1) is 10.1 Å². The van der Waals surface area contributed by atoms with E-state index < -0.39 is 4.92 Å². The van der Waals surface area contributed by atoms with E-state index >= 15 is 0 Å². The molecule has 1 fully saturated rings. The first-order valence-electron chi connectivity index (χ1n) is 6.78. The second-order valence-corrected chi connectivity index (χ2v) is 6.53. The maximum Gasteiger partial charge on any atom is 0.348 e. The van der Waals surface area contributed by atoms with Gasteiger partial charge in [-0.15, -0.1) is 0 Å². The highest BCUT2D eigenvalue weighted by Gasteiger charge is 2.29. The van der Waals surface area contributed by atoms with E-state index in [1.807, 2.05) is 20.8 Å². The third kappa shape index (κ3) is 3.17. The van der Waals surface area contributed by atoms with Gasteiger partial charge in [0.15, 0.2) is 0 Å². The molecule has 1 aliphatic rings. The summed E-state index contributed by atoms with van der Waals surface area (Å²) in [5.41, 5.74) is -0.545. The number of hydrogen-bond donors (Lipinski definition) is 1. The van der Waals surface area contributed by atoms with Gasteiger partial charge in [-0.25, -0.2) is 9.97 Å². The van der Waals surface area contributed by atoms with Crippen molar-refractivity contribution in [3.05, 3.63) is 21.1 Å². The predicted molar refractivity (Wildman–Crippen MR) is 78.3 cm³/mol. The minimum atomic E-state index is -0.522. The zero-order valence-corrected chi connectivity index (χ0v) is 12.7. The Labute approximate surface area is 123 Å². The van der Waals surface area contributed by atoms with Gasteiger partial charge in [-0.1, -0.05) is 45.2 Å². The van der Waals surface area contributed by atoms with Crippen molar-refractivity contribution < 1.29 is 4.92 Å². The maximum absolute atomic E-state index is 11.2. The van der Waals surface area contributed by atoms with Crippen LogP contribution in [0.25, 0.3) is 0 Å². The van der Waals surface area contributed by atoms with Crippen LogP contribution in [-0.4, -0.2) is 20.9 Å². The van der Waals surface area contributed by atoms with Gasteiger partial charge in [0, 0.05) is 11.5 Å². The molecule has 6 nitrogen and oxygen atoms in total. The third-order valence-corrected chi connectivity index (χ3v) is 3.65. The lowest BCUT2D eigenvalue weighted by molar-refractivity contribution is -0.384. The largest absolute Gasteiger partial charge is 0.361 e. The molecular formula is C13H19ClN4O2. The van der Waals surface area contributed by atoms with E-state index in [9.17, 15) is 10.1 Å². The van der Waals surface area contributed by atoms with E-state index in [0.29, 0.717) is 5.82 Å². The van der Waals surface area contributed by atoms with Gasteiger partial charge in [-0.2, -0.15) is 0 Å². The van der Waals surface area contributed by atoms with Crippen LogP contribution in [0.2, 0.25) is 5.15 Å². The summed E-state index contributed by atoms with van der Waals surface area (Å²) in [6.07, 6.45) is 4.28. The molecule has 2 rings (SSSR count). The van der Waals surface area contributed by atoms with Crippen LogP contribution in [0.4, 0.5) is 11.5 Å². The van der Waals surface area contributed by atoms with Crippen molar-refractivity contribution in [3.8, 4) is 0 Å². The molecule has 0 atom stereocenters. The fraction of sp³-hybridized carbons (Fsp3) is 0.692. The van der Waals surface area contributed by atoms with Gasteiger partial charge in [0.1, 0.15) is 5.82 Å². The van der Waals surface area contributed by atoms with Crippen LogP contribution in [0.5, 0.6) is 0 Å². The first-order chi connectivity index (χ1) is 9.29. The Kier molecular flexibility index (Phi) is 4.13. The molecular weight excluding hydrogens is 280 g/mol. The van der Waals surface area contributed by atoms with E-state index in [1.165, 1.54) is 0 Å². The van der Waals surface area contributed by atoms with Crippen molar-refractivity contribution in [2.24, 2.45) is 0 Å². The molecule has 1 saturated carbocycles. The highest BCUT2D eigenvalue weighted by Crippen LogP contribution is 2.34. The second kappa shape index (κ2) is 5.52. The lowest BCUT2D eigenvalue weighted by Crippen LogP contribution is -2.21. The molecule has 1 aromatic rings. The van der Waals surface area contributed by atoms with Crippen LogP contribution >= 0.6 is 11.6 Å². The molecule has 1 heterocycles. The minimum Gasteiger partial charge on any atom is -0.361 e. The average molecular weight is 299 g/mol. The molecule has 0 spiro atoms. The number of nitro groups is 1. The summed E-state index contributed by atoms with van der Waals surface area (Å²) in [5, 5.41) is 14.2. The first-order valence-corrected chi connectivity index (χ1v) is 7.16. The van der Waals surface area contributed by atoms with E-state index in [0.717, 1.165) is 25.7 Å². The number of aromatic nitrogens is 2. The molecule has 0 amide bonds. The van der Waals surface area contributed by atoms with Crippen molar-refractivity contribution in [3.63, 3.8) is 0 Å². The van der Waals surface area contributed by atoms with Crippen LogP contribution in [0.3, 0.4) is 0 Å². The van der Waals surface area contributed by atoms with Crippen molar-refractivity contribution >= 4 is 23.1 Å². The molecule has 110 valence electrons. The fourth-order valence-corrected chi connectivity index (χ4v) is 2.53. The van der Waals surface area contributed by atoms with Crippen LogP contribution in [0.1, 0.15) is 52.3 Å². The maximum atomic E-state index is 11.2. The van der Waals surface area contributed by atoms with Crippen molar-refractivity contribution in [2.45, 2.75) is 57.9 Å². The summed E-state index contributed by atoms with van der Waals surface area (Å²) in [4.78, 5) is 19.1. The molecule has 1 N–H and O–H groups in total. The van der Waals surface area contributed by atoms with Crippen LogP contribution in [0.15, 0.2) is 0 Å². The number of nitrogens with one attached hydrogen (secondary N) is 1. The molecule has 0 bridgehead atoms. The normalized spacial score (nSPS) is 16.4. The second-order valence-electron chi connectivity index (χ2n) is 6.17. The van der Waals surface area contributed by atoms with Gasteiger partial charge in [-0.05, 0) is 12.8 Å². The third-order valence-electron chi connectivity index (χ3n) is 3.39. The van der Waals surface area contributed by atoms with E-state index in [4.69, 9.17) is 11.6 Å². The van der Waals surface area contributed by atoms with Gasteiger partial charge in [-0.3, -0.25) is 10.1 Å². The first kappa shape index (κ1) is 15.0. The Morgan fingerprint density at radius 3 is 2.40 bits per heavy atom. The zero-order chi connectivity index (χ0) is 14.9. The lowest BCUT2D eigenvalue weighted by atomic mass is 9.96. The Morgan fingerprint density at radius 2 is 1.90 bits per heavy atom.